The average molecular weight is 826 g/mol. The van der Waals surface area contributed by atoms with Gasteiger partial charge in [-0.3, -0.25) is 19.2 Å². The first-order valence-electron chi connectivity index (χ1n) is 22.1. The highest BCUT2D eigenvalue weighted by atomic mass is 16.5. The molecule has 1 saturated heterocycles. The molecule has 1 fully saturated rings. The van der Waals surface area contributed by atoms with Crippen LogP contribution in [0.4, 0.5) is 0 Å². The molecule has 3 rings (SSSR count). The molecule has 4 unspecified atom stereocenters. The van der Waals surface area contributed by atoms with Crippen molar-refractivity contribution in [2.45, 2.75) is 187 Å². The molecule has 0 spiro atoms. The molecule has 332 valence electrons. The second kappa shape index (κ2) is 28.9. The van der Waals surface area contributed by atoms with E-state index in [1.807, 2.05) is 6.08 Å². The van der Waals surface area contributed by atoms with Crippen LogP contribution in [0.25, 0.3) is 0 Å². The number of unbranched alkanes of at least 4 members (excludes halogenated alkanes) is 14. The number of aromatic hydroxyl groups is 1. The lowest BCUT2D eigenvalue weighted by Crippen LogP contribution is -2.51. The number of nitrogens with zero attached hydrogens (tertiary/aromatic N) is 1. The van der Waals surface area contributed by atoms with Gasteiger partial charge in [-0.25, -0.2) is 9.79 Å². The summed E-state index contributed by atoms with van der Waals surface area (Å²) in [5.41, 5.74) is -1.03. The van der Waals surface area contributed by atoms with Gasteiger partial charge in [0.1, 0.15) is 30.5 Å². The average Bonchev–Trinajstić information content (AvgIpc) is 3.49. The summed E-state index contributed by atoms with van der Waals surface area (Å²) in [4.78, 5) is 69.0. The topological polar surface area (TPSA) is 185 Å². The molecule has 2 aliphatic heterocycles. The molecule has 13 heteroatoms. The van der Waals surface area contributed by atoms with Crippen molar-refractivity contribution in [1.82, 2.24) is 21.3 Å². The van der Waals surface area contributed by atoms with Crippen molar-refractivity contribution in [3.8, 4) is 5.75 Å². The Bertz CT molecular complexity index is 1500. The Labute approximate surface area is 353 Å². The van der Waals surface area contributed by atoms with Gasteiger partial charge in [0.05, 0.1) is 12.0 Å². The summed E-state index contributed by atoms with van der Waals surface area (Å²) in [5, 5.41) is 21.5. The summed E-state index contributed by atoms with van der Waals surface area (Å²) >= 11 is 0. The Morgan fingerprint density at radius 2 is 1.63 bits per heavy atom. The third-order valence-corrected chi connectivity index (χ3v) is 10.7. The van der Waals surface area contributed by atoms with Crippen LogP contribution in [0, 0.1) is 0 Å². The summed E-state index contributed by atoms with van der Waals surface area (Å²) in [5.74, 6) is -2.01. The van der Waals surface area contributed by atoms with Crippen LogP contribution in [0.3, 0.4) is 0 Å². The minimum Gasteiger partial charge on any atom is -0.507 e. The molecule has 2 aliphatic rings. The number of phenols is 1. The van der Waals surface area contributed by atoms with Crippen LogP contribution in [-0.2, 0) is 33.4 Å². The summed E-state index contributed by atoms with van der Waals surface area (Å²) in [6.07, 6.45) is 23.7. The maximum absolute atomic E-state index is 13.6. The van der Waals surface area contributed by atoms with Gasteiger partial charge in [0.2, 0.25) is 23.6 Å². The van der Waals surface area contributed by atoms with Gasteiger partial charge in [-0.15, -0.1) is 0 Å². The number of hydrogen-bond acceptors (Lipinski definition) is 9. The number of benzene rings is 1. The van der Waals surface area contributed by atoms with Gasteiger partial charge >= 0.3 is 5.97 Å². The standard InChI is InChI=1S/C45H71N5O8.CH4/c1-4-5-6-7-8-9-10-11-12-13-14-15-16-17-18-29-39(52)46-30-23-22-27-37(43(55)58-34(2)32-40(53)48-36-26-21-24-31-47-41(36)54)49-44(56)45(3)33-57-42(50-45)35-25-19-20-28-38(35)51;/h18-20,25,28-29,34,36-37,51H,4-17,21-24,26-27,30-33H2,1-3H3,(H,46,52)(H,47,54)(H,48,53)(H,49,56);1H4/b29-18-;. The fourth-order valence-electron chi connectivity index (χ4n) is 7.10. The SMILES string of the molecule is C.CCCCCCCCCCCCCCC/C=C\C(=O)NCCCCC(NC(=O)C1(C)COC(c2ccccc2O)=N1)C(=O)OC(C)CC(=O)NC1CCCCNC1=O. The van der Waals surface area contributed by atoms with E-state index in [4.69, 9.17) is 9.47 Å². The van der Waals surface area contributed by atoms with Crippen molar-refractivity contribution in [2.75, 3.05) is 19.7 Å². The molecule has 13 nitrogen and oxygen atoms in total. The third kappa shape index (κ3) is 19.9. The van der Waals surface area contributed by atoms with E-state index in [-0.39, 0.29) is 50.3 Å². The zero-order chi connectivity index (χ0) is 42.0. The Kier molecular flexibility index (Phi) is 24.9. The number of nitrogens with one attached hydrogen (secondary N) is 4. The number of para-hydroxylation sites is 1. The molecule has 4 atom stereocenters. The molecule has 59 heavy (non-hydrogen) atoms. The second-order valence-corrected chi connectivity index (χ2v) is 16.1. The highest BCUT2D eigenvalue weighted by Gasteiger charge is 2.42. The molecule has 1 aromatic carbocycles. The maximum atomic E-state index is 13.6. The van der Waals surface area contributed by atoms with Crippen LogP contribution < -0.4 is 21.3 Å². The predicted octanol–water partition coefficient (Wildman–Crippen LogP) is 7.48. The van der Waals surface area contributed by atoms with Gasteiger partial charge in [0.25, 0.3) is 5.91 Å². The number of carbonyl (C=O) groups is 5. The van der Waals surface area contributed by atoms with E-state index in [0.717, 1.165) is 25.7 Å². The third-order valence-electron chi connectivity index (χ3n) is 10.7. The maximum Gasteiger partial charge on any atom is 0.328 e. The number of phenolic OH excluding ortho intramolecular Hbond substituents is 1. The normalized spacial score (nSPS) is 18.7. The van der Waals surface area contributed by atoms with Crippen LogP contribution in [0.2, 0.25) is 0 Å². The summed E-state index contributed by atoms with van der Waals surface area (Å²) in [7, 11) is 0. The molecule has 2 heterocycles. The van der Waals surface area contributed by atoms with Gasteiger partial charge in [0, 0.05) is 13.1 Å². The van der Waals surface area contributed by atoms with Crippen LogP contribution in [0.15, 0.2) is 41.4 Å². The van der Waals surface area contributed by atoms with E-state index in [0.29, 0.717) is 37.9 Å². The predicted molar refractivity (Wildman–Crippen MR) is 233 cm³/mol. The smallest absolute Gasteiger partial charge is 0.328 e. The number of rotatable bonds is 28. The lowest BCUT2D eigenvalue weighted by molar-refractivity contribution is -0.154. The van der Waals surface area contributed by atoms with Crippen LogP contribution in [-0.4, -0.2) is 84.0 Å². The van der Waals surface area contributed by atoms with Crippen LogP contribution >= 0.6 is 0 Å². The molecule has 0 bridgehead atoms. The monoisotopic (exact) mass is 826 g/mol. The first-order chi connectivity index (χ1) is 28.0. The molecule has 1 aromatic rings. The number of ether oxygens (including phenoxy) is 2. The van der Waals surface area contributed by atoms with Gasteiger partial charge in [0.15, 0.2) is 5.54 Å². The molecule has 5 N–H and O–H groups in total. The summed E-state index contributed by atoms with van der Waals surface area (Å²) in [6, 6.07) is 4.81. The molecule has 0 aromatic heterocycles. The Hall–Kier alpha value is -4.42. The summed E-state index contributed by atoms with van der Waals surface area (Å²) in [6.45, 7) is 6.28. The second-order valence-electron chi connectivity index (χ2n) is 16.1. The number of hydrogen-bond donors (Lipinski definition) is 5. The van der Waals surface area contributed by atoms with Crippen molar-refractivity contribution in [3.05, 3.63) is 42.0 Å². The van der Waals surface area contributed by atoms with E-state index in [1.165, 1.54) is 83.1 Å². The fraction of sp³-hybridized carbons (Fsp3) is 0.696. The van der Waals surface area contributed by atoms with Crippen molar-refractivity contribution < 1.29 is 38.6 Å². The Morgan fingerprint density at radius 3 is 2.31 bits per heavy atom. The van der Waals surface area contributed by atoms with Crippen molar-refractivity contribution in [1.29, 1.82) is 0 Å². The molecular formula is C46H75N5O8. The first-order valence-corrected chi connectivity index (χ1v) is 22.1. The van der Waals surface area contributed by atoms with E-state index in [1.54, 1.807) is 38.1 Å². The van der Waals surface area contributed by atoms with Crippen molar-refractivity contribution in [3.63, 3.8) is 0 Å². The van der Waals surface area contributed by atoms with E-state index in [2.05, 4.69) is 33.2 Å². The Balaban J connectivity index is 0.0000120. The van der Waals surface area contributed by atoms with Gasteiger partial charge in [-0.05, 0) is 83.4 Å². The lowest BCUT2D eigenvalue weighted by atomic mass is 10.0. The quantitative estimate of drug-likeness (QED) is 0.0327. The van der Waals surface area contributed by atoms with Crippen molar-refractivity contribution >= 4 is 35.5 Å². The van der Waals surface area contributed by atoms with E-state index in [9.17, 15) is 29.1 Å². The highest BCUT2D eigenvalue weighted by molar-refractivity contribution is 6.02. The first kappa shape index (κ1) is 50.7. The van der Waals surface area contributed by atoms with Gasteiger partial charge in [-0.2, -0.15) is 0 Å². The minimum atomic E-state index is -1.38. The van der Waals surface area contributed by atoms with Gasteiger partial charge < -0.3 is 35.8 Å². The highest BCUT2D eigenvalue weighted by Crippen LogP contribution is 2.26. The Morgan fingerprint density at radius 1 is 0.966 bits per heavy atom. The molecule has 0 aliphatic carbocycles. The van der Waals surface area contributed by atoms with E-state index < -0.39 is 41.5 Å². The lowest BCUT2D eigenvalue weighted by Gasteiger charge is -2.24. The fourth-order valence-corrected chi connectivity index (χ4v) is 7.10. The van der Waals surface area contributed by atoms with Crippen molar-refractivity contribution in [2.24, 2.45) is 4.99 Å². The number of amides is 4. The van der Waals surface area contributed by atoms with Crippen LogP contribution in [0.1, 0.15) is 169 Å². The molecule has 0 radical (unpaired) electrons. The number of allylic oxidation sites excluding steroid dienone is 1. The summed E-state index contributed by atoms with van der Waals surface area (Å²) < 4.78 is 11.3. The van der Waals surface area contributed by atoms with Crippen LogP contribution in [0.5, 0.6) is 5.75 Å². The largest absolute Gasteiger partial charge is 0.507 e. The molecule has 0 saturated carbocycles. The number of carbonyl (C=O) groups excluding carboxylic acids is 5. The zero-order valence-electron chi connectivity index (χ0n) is 35.4. The van der Waals surface area contributed by atoms with Gasteiger partial charge in [-0.1, -0.05) is 110 Å². The zero-order valence-corrected chi connectivity index (χ0v) is 35.4. The molecular weight excluding hydrogens is 751 g/mol. The minimum absolute atomic E-state index is 0. The molecule has 4 amide bonds. The van der Waals surface area contributed by atoms with E-state index >= 15 is 0 Å². The number of esters is 1. The number of aliphatic imine (C=N–C) groups is 1.